The number of nitrogens with one attached hydrogen (secondary N) is 1. The molecule has 2 aromatic rings. The minimum absolute atomic E-state index is 0.427. The summed E-state index contributed by atoms with van der Waals surface area (Å²) in [5.74, 6) is 2.32. The Kier molecular flexibility index (Phi) is 2.99. The maximum absolute atomic E-state index is 6.01. The molecule has 0 aliphatic carbocycles. The van der Waals surface area contributed by atoms with Crippen LogP contribution in [0.4, 0.5) is 0 Å². The average Bonchev–Trinajstić information content (AvgIpc) is 2.56. The third-order valence-electron chi connectivity index (χ3n) is 3.35. The van der Waals surface area contributed by atoms with Gasteiger partial charge >= 0.3 is 0 Å². The van der Waals surface area contributed by atoms with E-state index in [-0.39, 0.29) is 0 Å². The molecule has 0 amide bonds. The van der Waals surface area contributed by atoms with Crippen molar-refractivity contribution in [1.29, 1.82) is 0 Å². The molecule has 1 aliphatic heterocycles. The average molecular weight is 240 g/mol. The van der Waals surface area contributed by atoms with Gasteiger partial charge < -0.3 is 10.1 Å². The van der Waals surface area contributed by atoms with E-state index in [1.54, 1.807) is 6.20 Å². The molecule has 1 aromatic heterocycles. The van der Waals surface area contributed by atoms with Gasteiger partial charge in [0.05, 0.1) is 0 Å². The van der Waals surface area contributed by atoms with Crippen LogP contribution in [0.5, 0.6) is 11.5 Å². The van der Waals surface area contributed by atoms with E-state index in [0.29, 0.717) is 5.92 Å². The smallest absolute Gasteiger partial charge is 0.133 e. The van der Waals surface area contributed by atoms with Gasteiger partial charge in [-0.15, -0.1) is 0 Å². The van der Waals surface area contributed by atoms with Gasteiger partial charge in [-0.05, 0) is 31.2 Å². The zero-order chi connectivity index (χ0) is 12.4. The molecular formula is C15H16N2O. The fourth-order valence-electron chi connectivity index (χ4n) is 2.50. The van der Waals surface area contributed by atoms with Gasteiger partial charge in [0.15, 0.2) is 0 Å². The van der Waals surface area contributed by atoms with Crippen LogP contribution in [-0.4, -0.2) is 18.6 Å². The molecule has 0 bridgehead atoms. The highest BCUT2D eigenvalue weighted by Crippen LogP contribution is 2.38. The van der Waals surface area contributed by atoms with Crippen LogP contribution in [0.25, 0.3) is 0 Å². The lowest BCUT2D eigenvalue weighted by atomic mass is 9.92. The Balaban J connectivity index is 2.08. The maximum Gasteiger partial charge on any atom is 0.133 e. The molecule has 18 heavy (non-hydrogen) atoms. The second-order valence-electron chi connectivity index (χ2n) is 4.58. The third-order valence-corrected chi connectivity index (χ3v) is 3.35. The fourth-order valence-corrected chi connectivity index (χ4v) is 2.50. The van der Waals surface area contributed by atoms with Crippen LogP contribution in [0.1, 0.15) is 17.0 Å². The molecule has 0 radical (unpaired) electrons. The standard InChI is InChI=1S/C15H16N2O/c1-16-9-11-8-12-10-17-7-6-14(12)18-15-5-3-2-4-13(11)15/h2-7,10-11,16H,8-9H2,1H3. The molecule has 1 aromatic carbocycles. The third kappa shape index (κ3) is 1.97. The van der Waals surface area contributed by atoms with Crippen molar-refractivity contribution in [3.05, 3.63) is 53.9 Å². The minimum atomic E-state index is 0.427. The summed E-state index contributed by atoms with van der Waals surface area (Å²) in [6, 6.07) is 10.2. The van der Waals surface area contributed by atoms with E-state index in [2.05, 4.69) is 22.4 Å². The van der Waals surface area contributed by atoms with Crippen LogP contribution >= 0.6 is 0 Å². The lowest BCUT2D eigenvalue weighted by Crippen LogP contribution is -2.18. The topological polar surface area (TPSA) is 34.2 Å². The molecule has 1 atom stereocenters. The molecule has 1 aliphatic rings. The molecular weight excluding hydrogens is 224 g/mol. The Morgan fingerprint density at radius 1 is 1.28 bits per heavy atom. The summed E-state index contributed by atoms with van der Waals surface area (Å²) in [6.45, 7) is 0.939. The van der Waals surface area contributed by atoms with Gasteiger partial charge in [-0.1, -0.05) is 18.2 Å². The summed E-state index contributed by atoms with van der Waals surface area (Å²) in [5.41, 5.74) is 2.44. The molecule has 0 fully saturated rings. The first-order chi connectivity index (χ1) is 8.88. The van der Waals surface area contributed by atoms with Crippen molar-refractivity contribution in [2.24, 2.45) is 0 Å². The number of benzene rings is 1. The first-order valence-electron chi connectivity index (χ1n) is 6.22. The molecule has 3 nitrogen and oxygen atoms in total. The highest BCUT2D eigenvalue weighted by atomic mass is 16.5. The number of hydrogen-bond acceptors (Lipinski definition) is 3. The van der Waals surface area contributed by atoms with Crippen molar-refractivity contribution in [2.75, 3.05) is 13.6 Å². The second-order valence-corrected chi connectivity index (χ2v) is 4.58. The van der Waals surface area contributed by atoms with E-state index >= 15 is 0 Å². The van der Waals surface area contributed by atoms with Gasteiger partial charge in [0.2, 0.25) is 0 Å². The molecule has 2 heterocycles. The number of nitrogens with zero attached hydrogens (tertiary/aromatic N) is 1. The van der Waals surface area contributed by atoms with Crippen LogP contribution in [0.3, 0.4) is 0 Å². The van der Waals surface area contributed by atoms with Crippen LogP contribution in [0.15, 0.2) is 42.7 Å². The van der Waals surface area contributed by atoms with E-state index in [1.807, 2.05) is 31.4 Å². The van der Waals surface area contributed by atoms with Crippen molar-refractivity contribution in [3.63, 3.8) is 0 Å². The zero-order valence-corrected chi connectivity index (χ0v) is 10.4. The lowest BCUT2D eigenvalue weighted by Gasteiger charge is -2.15. The number of rotatable bonds is 2. The van der Waals surface area contributed by atoms with Gasteiger partial charge in [0, 0.05) is 30.4 Å². The van der Waals surface area contributed by atoms with E-state index in [0.717, 1.165) is 24.5 Å². The Labute approximate surface area is 107 Å². The first kappa shape index (κ1) is 11.2. The predicted molar refractivity (Wildman–Crippen MR) is 71.1 cm³/mol. The van der Waals surface area contributed by atoms with Gasteiger partial charge in [0.1, 0.15) is 11.5 Å². The number of ether oxygens (including phenoxy) is 1. The van der Waals surface area contributed by atoms with E-state index in [1.165, 1.54) is 11.1 Å². The number of pyridine rings is 1. The number of fused-ring (bicyclic) bond motifs is 2. The maximum atomic E-state index is 6.01. The van der Waals surface area contributed by atoms with E-state index < -0.39 is 0 Å². The summed E-state index contributed by atoms with van der Waals surface area (Å²) < 4.78 is 6.01. The van der Waals surface area contributed by atoms with Crippen molar-refractivity contribution in [3.8, 4) is 11.5 Å². The first-order valence-corrected chi connectivity index (χ1v) is 6.22. The lowest BCUT2D eigenvalue weighted by molar-refractivity contribution is 0.477. The highest BCUT2D eigenvalue weighted by Gasteiger charge is 2.22. The molecule has 3 rings (SSSR count). The summed E-state index contributed by atoms with van der Waals surface area (Å²) in [7, 11) is 1.98. The van der Waals surface area contributed by atoms with Crippen LogP contribution in [0.2, 0.25) is 0 Å². The van der Waals surface area contributed by atoms with Crippen molar-refractivity contribution in [2.45, 2.75) is 12.3 Å². The van der Waals surface area contributed by atoms with Crippen molar-refractivity contribution >= 4 is 0 Å². The summed E-state index contributed by atoms with van der Waals surface area (Å²) in [4.78, 5) is 4.20. The monoisotopic (exact) mass is 240 g/mol. The molecule has 0 spiro atoms. The van der Waals surface area contributed by atoms with Gasteiger partial charge in [0.25, 0.3) is 0 Å². The Bertz CT molecular complexity index is 554. The van der Waals surface area contributed by atoms with Crippen LogP contribution in [0, 0.1) is 0 Å². The van der Waals surface area contributed by atoms with Crippen LogP contribution in [-0.2, 0) is 6.42 Å². The predicted octanol–water partition coefficient (Wildman–Crippen LogP) is 2.73. The van der Waals surface area contributed by atoms with Gasteiger partial charge in [-0.3, -0.25) is 4.98 Å². The summed E-state index contributed by atoms with van der Waals surface area (Å²) >= 11 is 0. The fraction of sp³-hybridized carbons (Fsp3) is 0.267. The molecule has 92 valence electrons. The second kappa shape index (κ2) is 4.78. The molecule has 0 saturated heterocycles. The normalized spacial score (nSPS) is 17.3. The molecule has 1 unspecified atom stereocenters. The Morgan fingerprint density at radius 2 is 2.17 bits per heavy atom. The van der Waals surface area contributed by atoms with Gasteiger partial charge in [-0.2, -0.15) is 0 Å². The number of aromatic nitrogens is 1. The molecule has 1 N–H and O–H groups in total. The van der Waals surface area contributed by atoms with Crippen LogP contribution < -0.4 is 10.1 Å². The van der Waals surface area contributed by atoms with Crippen molar-refractivity contribution in [1.82, 2.24) is 10.3 Å². The number of likely N-dealkylation sites (N-methyl/N-ethyl adjacent to an activating group) is 1. The quantitative estimate of drug-likeness (QED) is 0.876. The Morgan fingerprint density at radius 3 is 3.06 bits per heavy atom. The SMILES string of the molecule is CNCC1Cc2cnccc2Oc2ccccc21. The zero-order valence-electron chi connectivity index (χ0n) is 10.4. The van der Waals surface area contributed by atoms with Crippen molar-refractivity contribution < 1.29 is 4.74 Å². The molecule has 3 heteroatoms. The van der Waals surface area contributed by atoms with E-state index in [9.17, 15) is 0 Å². The number of para-hydroxylation sites is 1. The van der Waals surface area contributed by atoms with E-state index in [4.69, 9.17) is 4.74 Å². The molecule has 0 saturated carbocycles. The minimum Gasteiger partial charge on any atom is -0.457 e. The Hall–Kier alpha value is -1.87. The summed E-state index contributed by atoms with van der Waals surface area (Å²) in [6.07, 6.45) is 4.64. The largest absolute Gasteiger partial charge is 0.457 e. The van der Waals surface area contributed by atoms with Gasteiger partial charge in [-0.25, -0.2) is 0 Å². The highest BCUT2D eigenvalue weighted by molar-refractivity contribution is 5.46. The summed E-state index contributed by atoms with van der Waals surface area (Å²) in [5, 5.41) is 3.26. The number of hydrogen-bond donors (Lipinski definition) is 1.